The van der Waals surface area contributed by atoms with Crippen LogP contribution >= 0.6 is 0 Å². The van der Waals surface area contributed by atoms with Gasteiger partial charge in [0.05, 0.1) is 5.56 Å². The molecule has 0 bridgehead atoms. The fourth-order valence-corrected chi connectivity index (χ4v) is 1.47. The second-order valence-corrected chi connectivity index (χ2v) is 4.49. The summed E-state index contributed by atoms with van der Waals surface area (Å²) in [6, 6.07) is 3.78. The number of carbonyl (C=O) groups excluding carboxylic acids is 1. The fourth-order valence-electron chi connectivity index (χ4n) is 1.47. The molecule has 1 aromatic heterocycles. The number of hydrogen-bond donors (Lipinski definition) is 2. The topological polar surface area (TPSA) is 63.2 Å². The van der Waals surface area contributed by atoms with E-state index < -0.39 is 0 Å². The molecule has 5 heteroatoms. The summed E-state index contributed by atoms with van der Waals surface area (Å²) in [5.41, 5.74) is 0.586. The first-order valence-electron chi connectivity index (χ1n) is 6.67. The van der Waals surface area contributed by atoms with Gasteiger partial charge in [0, 0.05) is 32.5 Å². The number of nitrogens with one attached hydrogen (secondary N) is 2. The first kappa shape index (κ1) is 15.4. The lowest BCUT2D eigenvalue weighted by Gasteiger charge is -2.11. The molecule has 1 aromatic rings. The predicted octanol–water partition coefficient (Wildman–Crippen LogP) is 2.06. The summed E-state index contributed by atoms with van der Waals surface area (Å²) < 4.78 is 4.96. The second-order valence-electron chi connectivity index (χ2n) is 4.49. The van der Waals surface area contributed by atoms with Gasteiger partial charge in [-0.15, -0.1) is 0 Å². The smallest absolute Gasteiger partial charge is 0.253 e. The SMILES string of the molecule is CCC(C)NC(=O)c1ccc(NCCCOC)nc1. The highest BCUT2D eigenvalue weighted by Crippen LogP contribution is 2.05. The first-order chi connectivity index (χ1) is 9.17. The van der Waals surface area contributed by atoms with Gasteiger partial charge in [-0.3, -0.25) is 4.79 Å². The van der Waals surface area contributed by atoms with Crippen LogP contribution in [0.5, 0.6) is 0 Å². The van der Waals surface area contributed by atoms with Crippen molar-refractivity contribution in [3.05, 3.63) is 23.9 Å². The van der Waals surface area contributed by atoms with E-state index in [0.717, 1.165) is 31.8 Å². The van der Waals surface area contributed by atoms with Gasteiger partial charge in [0.2, 0.25) is 0 Å². The van der Waals surface area contributed by atoms with E-state index in [0.29, 0.717) is 5.56 Å². The molecule has 1 rings (SSSR count). The van der Waals surface area contributed by atoms with Crippen LogP contribution < -0.4 is 10.6 Å². The summed E-state index contributed by atoms with van der Waals surface area (Å²) in [5, 5.41) is 6.08. The van der Waals surface area contributed by atoms with Crippen LogP contribution in [0, 0.1) is 0 Å². The zero-order valence-corrected chi connectivity index (χ0v) is 11.9. The van der Waals surface area contributed by atoms with Gasteiger partial charge in [0.1, 0.15) is 5.82 Å². The Morgan fingerprint density at radius 3 is 2.84 bits per heavy atom. The number of rotatable bonds is 8. The van der Waals surface area contributed by atoms with Gasteiger partial charge in [0.25, 0.3) is 5.91 Å². The van der Waals surface area contributed by atoms with Gasteiger partial charge < -0.3 is 15.4 Å². The molecule has 0 saturated carbocycles. The Bertz CT molecular complexity index is 379. The van der Waals surface area contributed by atoms with Crippen LogP contribution in [0.1, 0.15) is 37.0 Å². The molecule has 0 aliphatic carbocycles. The minimum Gasteiger partial charge on any atom is -0.385 e. The predicted molar refractivity (Wildman–Crippen MR) is 76.4 cm³/mol. The number of carbonyl (C=O) groups is 1. The Hall–Kier alpha value is -1.62. The maximum absolute atomic E-state index is 11.8. The number of amides is 1. The normalized spacial score (nSPS) is 11.9. The molecule has 0 aromatic carbocycles. The van der Waals surface area contributed by atoms with Gasteiger partial charge >= 0.3 is 0 Å². The van der Waals surface area contributed by atoms with Gasteiger partial charge in [-0.05, 0) is 31.9 Å². The van der Waals surface area contributed by atoms with Crippen LogP contribution in [0.3, 0.4) is 0 Å². The van der Waals surface area contributed by atoms with Crippen molar-refractivity contribution in [3.63, 3.8) is 0 Å². The van der Waals surface area contributed by atoms with Gasteiger partial charge in [0.15, 0.2) is 0 Å². The number of anilines is 1. The molecule has 1 amide bonds. The molecular weight excluding hydrogens is 242 g/mol. The molecule has 0 aliphatic heterocycles. The van der Waals surface area contributed by atoms with Crippen molar-refractivity contribution >= 4 is 11.7 Å². The molecular formula is C14H23N3O2. The average Bonchev–Trinajstić information content (AvgIpc) is 2.44. The summed E-state index contributed by atoms with van der Waals surface area (Å²) in [6.45, 7) is 5.55. The van der Waals surface area contributed by atoms with E-state index in [1.54, 1.807) is 19.4 Å². The van der Waals surface area contributed by atoms with E-state index in [1.165, 1.54) is 0 Å². The number of aromatic nitrogens is 1. The maximum Gasteiger partial charge on any atom is 0.253 e. The van der Waals surface area contributed by atoms with E-state index in [2.05, 4.69) is 15.6 Å². The monoisotopic (exact) mass is 265 g/mol. The van der Waals surface area contributed by atoms with Crippen LogP contribution in [0.2, 0.25) is 0 Å². The first-order valence-corrected chi connectivity index (χ1v) is 6.67. The third-order valence-corrected chi connectivity index (χ3v) is 2.85. The lowest BCUT2D eigenvalue weighted by atomic mass is 10.2. The zero-order valence-electron chi connectivity index (χ0n) is 11.9. The Morgan fingerprint density at radius 1 is 1.47 bits per heavy atom. The summed E-state index contributed by atoms with van der Waals surface area (Å²) in [5.74, 6) is 0.698. The van der Waals surface area contributed by atoms with Crippen LogP contribution in [-0.4, -0.2) is 37.2 Å². The van der Waals surface area contributed by atoms with Gasteiger partial charge in [-0.1, -0.05) is 6.92 Å². The molecule has 19 heavy (non-hydrogen) atoms. The zero-order chi connectivity index (χ0) is 14.1. The van der Waals surface area contributed by atoms with E-state index in [9.17, 15) is 4.79 Å². The van der Waals surface area contributed by atoms with Crippen molar-refractivity contribution in [1.82, 2.24) is 10.3 Å². The van der Waals surface area contributed by atoms with Crippen LogP contribution in [0.25, 0.3) is 0 Å². The minimum atomic E-state index is -0.0761. The summed E-state index contributed by atoms with van der Waals surface area (Å²) >= 11 is 0. The molecule has 1 heterocycles. The largest absolute Gasteiger partial charge is 0.385 e. The standard InChI is InChI=1S/C14H23N3O2/c1-4-11(2)17-14(18)12-6-7-13(16-10-12)15-8-5-9-19-3/h6-7,10-11H,4-5,8-9H2,1-3H3,(H,15,16)(H,17,18). The van der Waals surface area contributed by atoms with Gasteiger partial charge in [-0.25, -0.2) is 4.98 Å². The van der Waals surface area contributed by atoms with E-state index in [-0.39, 0.29) is 11.9 Å². The fraction of sp³-hybridized carbons (Fsp3) is 0.571. The number of methoxy groups -OCH3 is 1. The van der Waals surface area contributed by atoms with Crippen molar-refractivity contribution in [3.8, 4) is 0 Å². The Morgan fingerprint density at radius 2 is 2.26 bits per heavy atom. The Kier molecular flexibility index (Phi) is 6.89. The van der Waals surface area contributed by atoms with Crippen LogP contribution in [-0.2, 0) is 4.74 Å². The average molecular weight is 265 g/mol. The molecule has 2 N–H and O–H groups in total. The molecule has 106 valence electrons. The highest BCUT2D eigenvalue weighted by atomic mass is 16.5. The molecule has 0 saturated heterocycles. The van der Waals surface area contributed by atoms with Gasteiger partial charge in [-0.2, -0.15) is 0 Å². The van der Waals surface area contributed by atoms with Crippen LogP contribution in [0.4, 0.5) is 5.82 Å². The Labute approximate surface area is 114 Å². The maximum atomic E-state index is 11.8. The summed E-state index contributed by atoms with van der Waals surface area (Å²) in [7, 11) is 1.68. The number of hydrogen-bond acceptors (Lipinski definition) is 4. The summed E-state index contributed by atoms with van der Waals surface area (Å²) in [4.78, 5) is 16.1. The van der Waals surface area contributed by atoms with Crippen molar-refractivity contribution in [2.45, 2.75) is 32.7 Å². The number of ether oxygens (including phenoxy) is 1. The van der Waals surface area contributed by atoms with Crippen molar-refractivity contribution < 1.29 is 9.53 Å². The molecule has 5 nitrogen and oxygen atoms in total. The Balaban J connectivity index is 2.44. The van der Waals surface area contributed by atoms with Crippen LogP contribution in [0.15, 0.2) is 18.3 Å². The number of nitrogens with zero attached hydrogens (tertiary/aromatic N) is 1. The minimum absolute atomic E-state index is 0.0761. The van der Waals surface area contributed by atoms with Crippen molar-refractivity contribution in [1.29, 1.82) is 0 Å². The molecule has 0 aliphatic rings. The quantitative estimate of drug-likeness (QED) is 0.706. The van der Waals surface area contributed by atoms with E-state index in [4.69, 9.17) is 4.74 Å². The van der Waals surface area contributed by atoms with E-state index >= 15 is 0 Å². The molecule has 1 unspecified atom stereocenters. The lowest BCUT2D eigenvalue weighted by Crippen LogP contribution is -2.31. The molecule has 0 radical (unpaired) electrons. The summed E-state index contributed by atoms with van der Waals surface area (Å²) in [6.07, 6.45) is 3.43. The van der Waals surface area contributed by atoms with Crippen molar-refractivity contribution in [2.24, 2.45) is 0 Å². The third-order valence-electron chi connectivity index (χ3n) is 2.85. The van der Waals surface area contributed by atoms with Crippen molar-refractivity contribution in [2.75, 3.05) is 25.6 Å². The molecule has 0 spiro atoms. The lowest BCUT2D eigenvalue weighted by molar-refractivity contribution is 0.0939. The highest BCUT2D eigenvalue weighted by molar-refractivity contribution is 5.94. The molecule has 0 fully saturated rings. The third kappa shape index (κ3) is 5.70. The van der Waals surface area contributed by atoms with E-state index in [1.807, 2.05) is 19.9 Å². The number of pyridine rings is 1. The second kappa shape index (κ2) is 8.48. The highest BCUT2D eigenvalue weighted by Gasteiger charge is 2.08. The molecule has 1 atom stereocenters.